The van der Waals surface area contributed by atoms with Crippen LogP contribution < -0.4 is 5.73 Å². The van der Waals surface area contributed by atoms with Crippen molar-refractivity contribution in [2.24, 2.45) is 5.73 Å². The van der Waals surface area contributed by atoms with Gasteiger partial charge in [0.25, 0.3) is 0 Å². The monoisotopic (exact) mass is 229 g/mol. The molecule has 1 fully saturated rings. The topological polar surface area (TPSA) is 32.5 Å². The highest BCUT2D eigenvalue weighted by molar-refractivity contribution is 7.80. The van der Waals surface area contributed by atoms with E-state index in [4.69, 9.17) is 18.0 Å². The number of likely N-dealkylation sites (tertiary alicyclic amines) is 1. The molecule has 88 valence electrons. The third kappa shape index (κ3) is 6.07. The molecule has 4 heteroatoms. The lowest BCUT2D eigenvalue weighted by atomic mass is 10.3. The second-order valence-electron chi connectivity index (χ2n) is 4.42. The first kappa shape index (κ1) is 12.9. The van der Waals surface area contributed by atoms with E-state index in [1.54, 1.807) is 0 Å². The summed E-state index contributed by atoms with van der Waals surface area (Å²) >= 11 is 4.85. The summed E-state index contributed by atoms with van der Waals surface area (Å²) in [4.78, 5) is 5.56. The van der Waals surface area contributed by atoms with Crippen LogP contribution in [-0.4, -0.2) is 54.6 Å². The zero-order valence-corrected chi connectivity index (χ0v) is 10.6. The highest BCUT2D eigenvalue weighted by Gasteiger charge is 2.11. The van der Waals surface area contributed by atoms with Crippen molar-refractivity contribution in [2.45, 2.75) is 25.7 Å². The smallest absolute Gasteiger partial charge is 0.0727 e. The molecule has 1 saturated heterocycles. The first-order valence-corrected chi connectivity index (χ1v) is 6.28. The van der Waals surface area contributed by atoms with Crippen molar-refractivity contribution in [3.8, 4) is 0 Å². The predicted octanol–water partition coefficient (Wildman–Crippen LogP) is 1.08. The number of rotatable bonds is 7. The fraction of sp³-hybridized carbons (Fsp3) is 0.909. The molecule has 2 N–H and O–H groups in total. The molecule has 15 heavy (non-hydrogen) atoms. The number of likely N-dealkylation sites (N-methyl/N-ethyl adjacent to an activating group) is 1. The summed E-state index contributed by atoms with van der Waals surface area (Å²) in [5, 5.41) is 0. The van der Waals surface area contributed by atoms with Crippen LogP contribution >= 0.6 is 12.2 Å². The van der Waals surface area contributed by atoms with Crippen molar-refractivity contribution in [3.63, 3.8) is 0 Å². The van der Waals surface area contributed by atoms with E-state index in [0.29, 0.717) is 4.99 Å². The van der Waals surface area contributed by atoms with Gasteiger partial charge in [0.2, 0.25) is 0 Å². The molecule has 0 aromatic heterocycles. The Kier molecular flexibility index (Phi) is 6.13. The van der Waals surface area contributed by atoms with Crippen LogP contribution in [0.4, 0.5) is 0 Å². The third-order valence-electron chi connectivity index (χ3n) is 2.96. The molecule has 0 atom stereocenters. The number of hydrogen-bond donors (Lipinski definition) is 1. The molecule has 0 amide bonds. The van der Waals surface area contributed by atoms with Crippen molar-refractivity contribution in [1.29, 1.82) is 0 Å². The zero-order chi connectivity index (χ0) is 11.1. The second kappa shape index (κ2) is 7.14. The van der Waals surface area contributed by atoms with Gasteiger partial charge in [0.1, 0.15) is 0 Å². The molecule has 0 saturated carbocycles. The van der Waals surface area contributed by atoms with Gasteiger partial charge in [0.05, 0.1) is 4.99 Å². The summed E-state index contributed by atoms with van der Waals surface area (Å²) < 4.78 is 0. The van der Waals surface area contributed by atoms with Crippen molar-refractivity contribution in [2.75, 3.05) is 39.8 Å². The maximum absolute atomic E-state index is 5.46. The van der Waals surface area contributed by atoms with E-state index in [1.165, 1.54) is 32.5 Å². The van der Waals surface area contributed by atoms with E-state index in [2.05, 4.69) is 16.8 Å². The molecule has 0 aromatic carbocycles. The normalized spacial score (nSPS) is 17.5. The van der Waals surface area contributed by atoms with Gasteiger partial charge in [0, 0.05) is 13.1 Å². The van der Waals surface area contributed by atoms with Gasteiger partial charge in [-0.15, -0.1) is 0 Å². The minimum atomic E-state index is 0.642. The first-order chi connectivity index (χ1) is 7.18. The van der Waals surface area contributed by atoms with Crippen LogP contribution in [0.2, 0.25) is 0 Å². The Morgan fingerprint density at radius 3 is 2.60 bits per heavy atom. The molecule has 0 bridgehead atoms. The summed E-state index contributed by atoms with van der Waals surface area (Å²) in [6, 6.07) is 0. The Bertz CT molecular complexity index is 190. The Balaban J connectivity index is 1.97. The molecule has 3 nitrogen and oxygen atoms in total. The Hall–Kier alpha value is -0.190. The number of hydrogen-bond acceptors (Lipinski definition) is 3. The lowest BCUT2D eigenvalue weighted by Crippen LogP contribution is -2.32. The Morgan fingerprint density at radius 1 is 1.33 bits per heavy atom. The van der Waals surface area contributed by atoms with Gasteiger partial charge in [0.15, 0.2) is 0 Å². The second-order valence-corrected chi connectivity index (χ2v) is 4.95. The number of thiocarbonyl (C=S) groups is 1. The average Bonchev–Trinajstić information content (AvgIpc) is 2.66. The molecule has 1 rings (SSSR count). The standard InChI is InChI=1S/C11H23N3S/c1-13(6-4-5-11(12)15)9-10-14-7-2-3-8-14/h2-10H2,1H3,(H2,12,15). The molecule has 1 heterocycles. The quantitative estimate of drug-likeness (QED) is 0.662. The van der Waals surface area contributed by atoms with E-state index in [-0.39, 0.29) is 0 Å². The van der Waals surface area contributed by atoms with Crippen molar-refractivity contribution in [3.05, 3.63) is 0 Å². The van der Waals surface area contributed by atoms with E-state index >= 15 is 0 Å². The van der Waals surface area contributed by atoms with E-state index in [9.17, 15) is 0 Å². The van der Waals surface area contributed by atoms with Crippen LogP contribution in [-0.2, 0) is 0 Å². The van der Waals surface area contributed by atoms with Gasteiger partial charge in [-0.3, -0.25) is 0 Å². The average molecular weight is 229 g/mol. The maximum atomic E-state index is 5.46. The van der Waals surface area contributed by atoms with Gasteiger partial charge < -0.3 is 15.5 Å². The van der Waals surface area contributed by atoms with Gasteiger partial charge in [-0.2, -0.15) is 0 Å². The Labute approximate surface area is 98.6 Å². The molecule has 0 aliphatic carbocycles. The minimum Gasteiger partial charge on any atom is -0.393 e. The van der Waals surface area contributed by atoms with Crippen molar-refractivity contribution < 1.29 is 0 Å². The highest BCUT2D eigenvalue weighted by Crippen LogP contribution is 2.06. The predicted molar refractivity (Wildman–Crippen MR) is 69.2 cm³/mol. The van der Waals surface area contributed by atoms with E-state index in [1.807, 2.05) is 0 Å². The summed E-state index contributed by atoms with van der Waals surface area (Å²) in [6.45, 7) is 6.06. The molecule has 0 spiro atoms. The lowest BCUT2D eigenvalue weighted by molar-refractivity contribution is 0.256. The van der Waals surface area contributed by atoms with Gasteiger partial charge in [-0.25, -0.2) is 0 Å². The largest absolute Gasteiger partial charge is 0.393 e. The summed E-state index contributed by atoms with van der Waals surface area (Å²) in [7, 11) is 2.18. The molecule has 1 aliphatic heterocycles. The molecular weight excluding hydrogens is 206 g/mol. The Morgan fingerprint density at radius 2 is 2.00 bits per heavy atom. The highest BCUT2D eigenvalue weighted by atomic mass is 32.1. The summed E-state index contributed by atoms with van der Waals surface area (Å²) in [5.74, 6) is 0. The van der Waals surface area contributed by atoms with Crippen molar-refractivity contribution in [1.82, 2.24) is 9.80 Å². The molecule has 0 radical (unpaired) electrons. The summed E-state index contributed by atoms with van der Waals surface area (Å²) in [5.41, 5.74) is 5.46. The van der Waals surface area contributed by atoms with E-state index in [0.717, 1.165) is 25.9 Å². The zero-order valence-electron chi connectivity index (χ0n) is 9.74. The first-order valence-electron chi connectivity index (χ1n) is 5.87. The van der Waals surface area contributed by atoms with Crippen LogP contribution in [0, 0.1) is 0 Å². The molecular formula is C11H23N3S. The van der Waals surface area contributed by atoms with Crippen LogP contribution in [0.3, 0.4) is 0 Å². The van der Waals surface area contributed by atoms with Crippen LogP contribution in [0.1, 0.15) is 25.7 Å². The molecule has 0 unspecified atom stereocenters. The van der Waals surface area contributed by atoms with Crippen LogP contribution in [0.5, 0.6) is 0 Å². The lowest BCUT2D eigenvalue weighted by Gasteiger charge is -2.21. The maximum Gasteiger partial charge on any atom is 0.0727 e. The van der Waals surface area contributed by atoms with Gasteiger partial charge >= 0.3 is 0 Å². The van der Waals surface area contributed by atoms with E-state index < -0.39 is 0 Å². The third-order valence-corrected chi connectivity index (χ3v) is 3.16. The molecule has 0 aromatic rings. The van der Waals surface area contributed by atoms with Gasteiger partial charge in [-0.05, 0) is 52.4 Å². The van der Waals surface area contributed by atoms with Crippen LogP contribution in [0.25, 0.3) is 0 Å². The number of nitrogens with zero attached hydrogens (tertiary/aromatic N) is 2. The number of nitrogens with two attached hydrogens (primary N) is 1. The molecule has 1 aliphatic rings. The SMILES string of the molecule is CN(CCCC(N)=S)CCN1CCCC1. The summed E-state index contributed by atoms with van der Waals surface area (Å²) in [6.07, 6.45) is 4.73. The van der Waals surface area contributed by atoms with Gasteiger partial charge in [-0.1, -0.05) is 12.2 Å². The fourth-order valence-corrected chi connectivity index (χ4v) is 2.10. The van der Waals surface area contributed by atoms with Crippen molar-refractivity contribution >= 4 is 17.2 Å². The minimum absolute atomic E-state index is 0.642. The fourth-order valence-electron chi connectivity index (χ4n) is 1.95. The van der Waals surface area contributed by atoms with Crippen LogP contribution in [0.15, 0.2) is 0 Å².